The number of nitrogens with zero attached hydrogens (tertiary/aromatic N) is 5. The summed E-state index contributed by atoms with van der Waals surface area (Å²) in [5, 5.41) is 27.7. The van der Waals surface area contributed by atoms with Crippen LogP contribution in [0.4, 0.5) is 39.5 Å². The van der Waals surface area contributed by atoms with Crippen LogP contribution >= 0.6 is 34.8 Å². The molecule has 0 radical (unpaired) electrons. The number of amides is 2. The highest BCUT2D eigenvalue weighted by atomic mass is 35.5. The molecule has 3 aliphatic carbocycles. The number of fused-ring (bicyclic) bond motifs is 2. The predicted octanol–water partition coefficient (Wildman–Crippen LogP) is 19.1. The van der Waals surface area contributed by atoms with Crippen molar-refractivity contribution in [3.05, 3.63) is 191 Å². The Balaban J connectivity index is 0.000000148. The van der Waals surface area contributed by atoms with Crippen molar-refractivity contribution in [2.24, 2.45) is 41.2 Å². The third-order valence-electron chi connectivity index (χ3n) is 28.1. The Hall–Kier alpha value is -8.50. The van der Waals surface area contributed by atoms with Crippen LogP contribution in [-0.4, -0.2) is 196 Å². The summed E-state index contributed by atoms with van der Waals surface area (Å²) >= 11 is 17.6. The largest absolute Gasteiger partial charge is 0.506 e. The van der Waals surface area contributed by atoms with E-state index in [2.05, 4.69) is 47.6 Å². The Morgan fingerprint density at radius 2 is 0.800 bits per heavy atom. The fourth-order valence-corrected chi connectivity index (χ4v) is 21.6. The number of aromatic hydroxyl groups is 1. The minimum Gasteiger partial charge on any atom is -0.506 e. The topological polar surface area (TPSA) is 270 Å². The summed E-state index contributed by atoms with van der Waals surface area (Å²) in [4.78, 5) is 85.9. The summed E-state index contributed by atoms with van der Waals surface area (Å²) in [5.74, 6) is -0.227. The monoisotopic (exact) mass is 1880 g/mol. The van der Waals surface area contributed by atoms with Crippen LogP contribution in [0.1, 0.15) is 230 Å². The molecule has 0 spiro atoms. The van der Waals surface area contributed by atoms with Crippen LogP contribution in [0.15, 0.2) is 109 Å². The first-order valence-electron chi connectivity index (χ1n) is 44.9. The number of aromatic carboxylic acids is 1. The molecule has 8 heterocycles. The molecule has 22 nitrogen and oxygen atoms in total. The van der Waals surface area contributed by atoms with Gasteiger partial charge < -0.3 is 64.0 Å². The second kappa shape index (κ2) is 40.4. The normalized spacial score (nSPS) is 27.4. The fourth-order valence-electron chi connectivity index (χ4n) is 20.7. The van der Waals surface area contributed by atoms with Crippen LogP contribution in [0.5, 0.6) is 17.2 Å². The summed E-state index contributed by atoms with van der Waals surface area (Å²) in [6.45, 7) is 17.4. The van der Waals surface area contributed by atoms with Gasteiger partial charge in [0, 0.05) is 61.0 Å². The first kappa shape index (κ1) is 97.5. The van der Waals surface area contributed by atoms with E-state index < -0.39 is 69.7 Å². The molecule has 11 aliphatic rings. The fraction of sp³-hybridized carbons (Fsp3) is 0.562. The van der Waals surface area contributed by atoms with Gasteiger partial charge in [-0.25, -0.2) is 19.2 Å². The molecule has 2 amide bonds. The van der Waals surface area contributed by atoms with E-state index in [1.165, 1.54) is 15.4 Å². The van der Waals surface area contributed by atoms with Gasteiger partial charge in [-0.3, -0.25) is 24.3 Å². The molecule has 17 rings (SSSR count). The third-order valence-corrected chi connectivity index (χ3v) is 29.0. The lowest BCUT2D eigenvalue weighted by Gasteiger charge is -2.47. The quantitative estimate of drug-likeness (QED) is 0.0460. The van der Waals surface area contributed by atoms with Crippen molar-refractivity contribution in [3.63, 3.8) is 0 Å². The Morgan fingerprint density at radius 3 is 1.12 bits per heavy atom. The molecule has 6 aromatic rings. The summed E-state index contributed by atoms with van der Waals surface area (Å²) in [5.41, 5.74) is 4.93. The Labute approximate surface area is 764 Å². The van der Waals surface area contributed by atoms with Crippen LogP contribution in [0.25, 0.3) is 0 Å². The van der Waals surface area contributed by atoms with Crippen molar-refractivity contribution < 1.29 is 117 Å². The highest BCUT2D eigenvalue weighted by Gasteiger charge is 2.59. The highest BCUT2D eigenvalue weighted by molar-refractivity contribution is 6.33. The van der Waals surface area contributed by atoms with Crippen molar-refractivity contribution in [1.82, 2.24) is 24.5 Å². The van der Waals surface area contributed by atoms with Crippen LogP contribution in [0, 0.1) is 35.5 Å². The van der Waals surface area contributed by atoms with E-state index in [1.807, 2.05) is 43.3 Å². The number of hydrogen-bond acceptors (Lipinski definition) is 18. The van der Waals surface area contributed by atoms with Gasteiger partial charge in [0.2, 0.25) is 0 Å². The number of phenolic OH excluding ortho intramolecular Hbond substituents is 1. The van der Waals surface area contributed by atoms with E-state index in [4.69, 9.17) is 73.7 Å². The molecule has 8 aliphatic heterocycles. The minimum absolute atomic E-state index is 0.0124. The number of piperidine rings is 3. The molecular weight excluding hydrogens is 1770 g/mol. The molecule has 6 saturated heterocycles. The second-order valence-electron chi connectivity index (χ2n) is 36.6. The average Bonchev–Trinajstić information content (AvgIpc) is 1.58. The molecule has 9 fully saturated rings. The zero-order valence-corrected chi connectivity index (χ0v) is 75.5. The first-order valence-corrected chi connectivity index (χ1v) is 46.1. The molecule has 0 bridgehead atoms. The van der Waals surface area contributed by atoms with Gasteiger partial charge in [-0.05, 0) is 273 Å². The number of carbonyl (C=O) groups is 6. The number of carbonyl (C=O) groups excluding carboxylic acids is 4. The number of rotatable bonds is 18. The number of alkyl halides is 9. The van der Waals surface area contributed by atoms with Crippen molar-refractivity contribution in [1.29, 1.82) is 0 Å². The minimum atomic E-state index is -4.56. The smallest absolute Gasteiger partial charge is 0.416 e. The van der Waals surface area contributed by atoms with Crippen molar-refractivity contribution >= 4 is 70.5 Å². The number of nitrogens with two attached hydrogens (primary N) is 1. The van der Waals surface area contributed by atoms with Crippen molar-refractivity contribution in [3.8, 4) is 17.2 Å². The average molecular weight is 1880 g/mol. The van der Waals surface area contributed by atoms with E-state index in [0.29, 0.717) is 111 Å². The molecule has 34 heteroatoms. The lowest BCUT2D eigenvalue weighted by molar-refractivity contribution is -0.183. The number of aliphatic carboxylic acids is 1. The lowest BCUT2D eigenvalue weighted by atomic mass is 9.79. The molecule has 12 atom stereocenters. The number of carboxylic acids is 2. The maximum Gasteiger partial charge on any atom is 0.416 e. The van der Waals surface area contributed by atoms with Crippen LogP contribution in [0.3, 0.4) is 0 Å². The molecule has 6 aromatic carbocycles. The van der Waals surface area contributed by atoms with E-state index in [0.717, 1.165) is 158 Å². The Kier molecular flexibility index (Phi) is 30.3. The number of benzene rings is 6. The Bertz CT molecular complexity index is 5090. The maximum atomic E-state index is 14.0. The standard InChI is InChI=1S/C33H38ClF3N2O5.C31H34ClF3N2O5.C24H33NO5.C8H7ClF3NO/c1-3-42-30(40)22-6-4-5-21(13-22)27-10-12-38(16-20(27)2)26-9-11-32(44-18-26,24-7-8-24)31(41)39-17-23-14-25(33(35,36)37)15-28(34)29(23)43-19-39;1-18-14-36(10-8-25(18)19-3-2-4-20(11-19)28(38)39)24-7-9-30(42-16-24,22-5-6-22)29(40)37-15-21-12-23(31(33,34)35)13-26(32)27(21)41-17-37;1-3-29-22(26)18-6-4-5-17(13-18)21-10-12-25(14-16(21)2)20-9-11-24(23(27)28,30-15-20)19-7-8-19;9-6-2-5(8(10,11)12)1-4(3-13)7(6)14/h4-6,13-15,20,24,26-27H,3,7-12,16-19H2,1-2H3;2-4,11-13,18,22,24-25H,5-10,14-17H2,1H3,(H,38,39);4-6,13,16,19-21H,3,7-12,14-15H2,1-2H3,(H,27,28);1-2,14H,3,13H2/t20-,26+,27-,32-;18-,24+,25-,30-;16-,20+,21-,24-;/m000./s1. The predicted molar refractivity (Wildman–Crippen MR) is 464 cm³/mol. The zero-order chi connectivity index (χ0) is 93.3. The number of hydrogen-bond donors (Lipinski definition) is 4. The molecular formula is C96H112Cl3F9N6O16. The summed E-state index contributed by atoms with van der Waals surface area (Å²) < 4.78 is 158. The van der Waals surface area contributed by atoms with Gasteiger partial charge in [0.05, 0.1) is 94.6 Å². The van der Waals surface area contributed by atoms with Crippen LogP contribution < -0.4 is 15.2 Å². The number of esters is 2. The number of carboxylic acid groups (broad SMARTS) is 2. The van der Waals surface area contributed by atoms with Crippen LogP contribution in [0.2, 0.25) is 15.1 Å². The Morgan fingerprint density at radius 1 is 0.462 bits per heavy atom. The van der Waals surface area contributed by atoms with Gasteiger partial charge in [0.25, 0.3) is 11.8 Å². The molecule has 3 saturated carbocycles. The molecule has 5 N–H and O–H groups in total. The first-order chi connectivity index (χ1) is 61.8. The van der Waals surface area contributed by atoms with E-state index in [9.17, 15) is 83.6 Å². The highest BCUT2D eigenvalue weighted by Crippen LogP contribution is 2.54. The number of ether oxygens (including phenoxy) is 7. The SMILES string of the molecule is CCOC(=O)c1cccc([C@H]2CCN([C@@H]3CC[C@@](C(=O)N4COc5c(Cl)cc(C(F)(F)F)cc5C4)(C4CC4)OC3)C[C@@H]2C)c1.CCOC(=O)c1cccc([C@H]2CCN([C@@H]3CC[C@@](C(=O)O)(C4CC4)OC3)C[C@@H]2C)c1.C[C@H]1CN([C@@H]2CC[C@@](C(=O)N3COc4c(Cl)cc(C(F)(F)F)cc4C3)(C3CC3)OC2)CC[C@@H]1c1cccc(C(=O)O)c1.NCc1cc(C(F)(F)F)cc(Cl)c1O. The number of likely N-dealkylation sites (tertiary alicyclic amines) is 3. The van der Waals surface area contributed by atoms with Crippen molar-refractivity contribution in [2.45, 2.75) is 222 Å². The third kappa shape index (κ3) is 21.8. The van der Waals surface area contributed by atoms with Gasteiger partial charge >= 0.3 is 42.4 Å². The molecule has 706 valence electrons. The summed E-state index contributed by atoms with van der Waals surface area (Å²) in [6.07, 6.45) is -1.05. The molecule has 130 heavy (non-hydrogen) atoms. The molecule has 0 aromatic heterocycles. The zero-order valence-electron chi connectivity index (χ0n) is 73.2. The summed E-state index contributed by atoms with van der Waals surface area (Å²) in [6, 6.07) is 28.6. The van der Waals surface area contributed by atoms with Crippen LogP contribution in [-0.2, 0) is 76.2 Å². The van der Waals surface area contributed by atoms with E-state index in [1.54, 1.807) is 31.2 Å². The van der Waals surface area contributed by atoms with Gasteiger partial charge in [-0.2, -0.15) is 39.5 Å². The van der Waals surface area contributed by atoms with Gasteiger partial charge in [0.1, 0.15) is 28.5 Å². The lowest BCUT2D eigenvalue weighted by Crippen LogP contribution is -2.59. The number of halogens is 12. The van der Waals surface area contributed by atoms with Gasteiger partial charge in [-0.1, -0.05) is 92.0 Å². The molecule has 0 unspecified atom stereocenters. The number of phenols is 1. The second-order valence-corrected chi connectivity index (χ2v) is 37.9. The maximum absolute atomic E-state index is 14.0. The van der Waals surface area contributed by atoms with E-state index in [-0.39, 0.29) is 136 Å². The van der Waals surface area contributed by atoms with Crippen molar-refractivity contribution in [2.75, 3.05) is 85.8 Å². The van der Waals surface area contributed by atoms with Gasteiger partial charge in [0.15, 0.2) is 19.1 Å². The van der Waals surface area contributed by atoms with Gasteiger partial charge in [-0.15, -0.1) is 0 Å². The summed E-state index contributed by atoms with van der Waals surface area (Å²) in [7, 11) is 0. The van der Waals surface area contributed by atoms with E-state index >= 15 is 0 Å².